The predicted molar refractivity (Wildman–Crippen MR) is 132 cm³/mol. The van der Waals surface area contributed by atoms with Crippen LogP contribution in [0.25, 0.3) is 0 Å². The molecule has 0 aromatic heterocycles. The van der Waals surface area contributed by atoms with E-state index in [-0.39, 0.29) is 11.8 Å². The lowest BCUT2D eigenvalue weighted by molar-refractivity contribution is 0.0664. The number of carbonyl (C=O) groups is 2. The SMILES string of the molecule is COc1ccccc1NC(=S)Nc1cccc(SCCN2C(=O)c3ccccc3C2=O)c1. The van der Waals surface area contributed by atoms with E-state index >= 15 is 0 Å². The van der Waals surface area contributed by atoms with Crippen molar-refractivity contribution in [2.24, 2.45) is 0 Å². The third-order valence-corrected chi connectivity index (χ3v) is 6.09. The van der Waals surface area contributed by atoms with Crippen molar-refractivity contribution in [3.05, 3.63) is 83.9 Å². The highest BCUT2D eigenvalue weighted by Gasteiger charge is 2.34. The van der Waals surface area contributed by atoms with E-state index in [0.29, 0.717) is 34.3 Å². The quantitative estimate of drug-likeness (QED) is 0.294. The number of hydrogen-bond donors (Lipinski definition) is 2. The highest BCUT2D eigenvalue weighted by molar-refractivity contribution is 7.99. The average Bonchev–Trinajstić information content (AvgIpc) is 3.05. The lowest BCUT2D eigenvalue weighted by Gasteiger charge is -2.15. The number of nitrogens with zero attached hydrogens (tertiary/aromatic N) is 1. The number of thiocarbonyl (C=S) groups is 1. The number of carbonyl (C=O) groups excluding carboxylic acids is 2. The Kier molecular flexibility index (Phi) is 6.72. The van der Waals surface area contributed by atoms with Gasteiger partial charge in [-0.1, -0.05) is 30.3 Å². The number of benzene rings is 3. The van der Waals surface area contributed by atoms with E-state index in [1.165, 1.54) is 4.90 Å². The van der Waals surface area contributed by atoms with E-state index in [1.54, 1.807) is 43.1 Å². The van der Waals surface area contributed by atoms with Crippen molar-refractivity contribution in [3.63, 3.8) is 0 Å². The molecule has 0 saturated heterocycles. The zero-order valence-electron chi connectivity index (χ0n) is 17.3. The molecule has 1 aliphatic rings. The normalized spacial score (nSPS) is 12.5. The summed E-state index contributed by atoms with van der Waals surface area (Å²) >= 11 is 6.99. The minimum Gasteiger partial charge on any atom is -0.495 e. The number of ether oxygens (including phenoxy) is 1. The average molecular weight is 464 g/mol. The first-order valence-electron chi connectivity index (χ1n) is 9.96. The van der Waals surface area contributed by atoms with Crippen molar-refractivity contribution in [2.45, 2.75) is 4.90 Å². The third-order valence-electron chi connectivity index (χ3n) is 4.91. The number of nitrogens with one attached hydrogen (secondary N) is 2. The van der Waals surface area contributed by atoms with E-state index in [2.05, 4.69) is 10.6 Å². The summed E-state index contributed by atoms with van der Waals surface area (Å²) in [5, 5.41) is 6.75. The number of hydrogen-bond acceptors (Lipinski definition) is 5. The molecule has 0 aliphatic carbocycles. The second-order valence-corrected chi connectivity index (χ2v) is 8.54. The molecule has 8 heteroatoms. The molecule has 32 heavy (non-hydrogen) atoms. The molecule has 2 amide bonds. The first kappa shape index (κ1) is 21.9. The smallest absolute Gasteiger partial charge is 0.261 e. The lowest BCUT2D eigenvalue weighted by Crippen LogP contribution is -2.31. The van der Waals surface area contributed by atoms with Crippen LogP contribution in [0.1, 0.15) is 20.7 Å². The van der Waals surface area contributed by atoms with Gasteiger partial charge in [0.05, 0.1) is 23.9 Å². The van der Waals surface area contributed by atoms with Crippen molar-refractivity contribution >= 4 is 52.3 Å². The third kappa shape index (κ3) is 4.76. The van der Waals surface area contributed by atoms with Crippen molar-refractivity contribution < 1.29 is 14.3 Å². The molecule has 2 N–H and O–H groups in total. The summed E-state index contributed by atoms with van der Waals surface area (Å²) in [5.41, 5.74) is 2.57. The van der Waals surface area contributed by atoms with Gasteiger partial charge in [0, 0.05) is 22.9 Å². The Balaban J connectivity index is 1.32. The molecule has 3 aromatic carbocycles. The molecule has 1 heterocycles. The zero-order valence-corrected chi connectivity index (χ0v) is 19.0. The Morgan fingerprint density at radius 3 is 2.34 bits per heavy atom. The summed E-state index contributed by atoms with van der Waals surface area (Å²) < 4.78 is 5.33. The minimum atomic E-state index is -0.227. The summed E-state index contributed by atoms with van der Waals surface area (Å²) in [6.07, 6.45) is 0. The first-order chi connectivity index (χ1) is 15.6. The molecule has 0 atom stereocenters. The monoisotopic (exact) mass is 463 g/mol. The van der Waals surface area contributed by atoms with E-state index < -0.39 is 0 Å². The van der Waals surface area contributed by atoms with Crippen LogP contribution >= 0.6 is 24.0 Å². The van der Waals surface area contributed by atoms with E-state index in [0.717, 1.165) is 16.3 Å². The highest BCUT2D eigenvalue weighted by Crippen LogP contribution is 2.26. The summed E-state index contributed by atoms with van der Waals surface area (Å²) in [4.78, 5) is 27.3. The molecule has 0 saturated carbocycles. The molecule has 6 nitrogen and oxygen atoms in total. The molecule has 0 fully saturated rings. The van der Waals surface area contributed by atoms with E-state index in [1.807, 2.05) is 48.5 Å². The fraction of sp³-hybridized carbons (Fsp3) is 0.125. The van der Waals surface area contributed by atoms with Crippen LogP contribution in [0.15, 0.2) is 77.7 Å². The van der Waals surface area contributed by atoms with Gasteiger partial charge in [-0.15, -0.1) is 11.8 Å². The molecule has 0 spiro atoms. The Labute approximate surface area is 196 Å². The van der Waals surface area contributed by atoms with Gasteiger partial charge in [-0.3, -0.25) is 14.5 Å². The van der Waals surface area contributed by atoms with Crippen molar-refractivity contribution in [1.82, 2.24) is 4.90 Å². The molecule has 0 unspecified atom stereocenters. The van der Waals surface area contributed by atoms with Gasteiger partial charge in [-0.05, 0) is 54.7 Å². The Bertz CT molecular complexity index is 1150. The summed E-state index contributed by atoms with van der Waals surface area (Å²) in [6.45, 7) is 0.350. The second kappa shape index (κ2) is 9.84. The fourth-order valence-electron chi connectivity index (χ4n) is 3.39. The van der Waals surface area contributed by atoms with Gasteiger partial charge in [0.1, 0.15) is 5.75 Å². The van der Waals surface area contributed by atoms with Gasteiger partial charge in [-0.25, -0.2) is 0 Å². The van der Waals surface area contributed by atoms with Gasteiger partial charge in [-0.2, -0.15) is 0 Å². The van der Waals surface area contributed by atoms with E-state index in [9.17, 15) is 9.59 Å². The Morgan fingerprint density at radius 2 is 1.62 bits per heavy atom. The standard InChI is InChI=1S/C24H21N3O3S2/c1-30-21-12-5-4-11-20(21)26-24(31)25-16-7-6-8-17(15-16)32-14-13-27-22(28)18-9-2-3-10-19(18)23(27)29/h2-12,15H,13-14H2,1H3,(H2,25,26,31). The number of amides is 2. The van der Waals surface area contributed by atoms with Crippen LogP contribution in [0.4, 0.5) is 11.4 Å². The molecule has 1 aliphatic heterocycles. The van der Waals surface area contributed by atoms with Gasteiger partial charge < -0.3 is 15.4 Å². The maximum Gasteiger partial charge on any atom is 0.261 e. The lowest BCUT2D eigenvalue weighted by atomic mass is 10.1. The molecular formula is C24H21N3O3S2. The zero-order chi connectivity index (χ0) is 22.5. The molecular weight excluding hydrogens is 442 g/mol. The maximum absolute atomic E-state index is 12.5. The Morgan fingerprint density at radius 1 is 0.938 bits per heavy atom. The van der Waals surface area contributed by atoms with Gasteiger partial charge in [0.2, 0.25) is 0 Å². The number of imide groups is 1. The largest absolute Gasteiger partial charge is 0.495 e. The minimum absolute atomic E-state index is 0.227. The number of thioether (sulfide) groups is 1. The van der Waals surface area contributed by atoms with Crippen LogP contribution in [0.2, 0.25) is 0 Å². The number of rotatable bonds is 7. The van der Waals surface area contributed by atoms with Crippen LogP contribution in [0.3, 0.4) is 0 Å². The Hall–Kier alpha value is -3.36. The molecule has 0 radical (unpaired) electrons. The van der Waals surface area contributed by atoms with Gasteiger partial charge >= 0.3 is 0 Å². The topological polar surface area (TPSA) is 70.7 Å². The predicted octanol–water partition coefficient (Wildman–Crippen LogP) is 4.89. The molecule has 0 bridgehead atoms. The fourth-order valence-corrected chi connectivity index (χ4v) is 4.52. The maximum atomic E-state index is 12.5. The van der Waals surface area contributed by atoms with Crippen molar-refractivity contribution in [2.75, 3.05) is 30.0 Å². The van der Waals surface area contributed by atoms with Gasteiger partial charge in [0.25, 0.3) is 11.8 Å². The first-order valence-corrected chi connectivity index (χ1v) is 11.4. The number of fused-ring (bicyclic) bond motifs is 1. The van der Waals surface area contributed by atoms with E-state index in [4.69, 9.17) is 17.0 Å². The van der Waals surface area contributed by atoms with Crippen LogP contribution in [-0.4, -0.2) is 41.2 Å². The number of para-hydroxylation sites is 2. The van der Waals surface area contributed by atoms with Crippen LogP contribution in [0.5, 0.6) is 5.75 Å². The summed E-state index contributed by atoms with van der Waals surface area (Å²) in [5.74, 6) is 0.844. The number of methoxy groups -OCH3 is 1. The molecule has 162 valence electrons. The van der Waals surface area contributed by atoms with Crippen molar-refractivity contribution in [1.29, 1.82) is 0 Å². The summed E-state index contributed by atoms with van der Waals surface area (Å²) in [6, 6.07) is 22.3. The van der Waals surface area contributed by atoms with Crippen LogP contribution in [0, 0.1) is 0 Å². The highest BCUT2D eigenvalue weighted by atomic mass is 32.2. The molecule has 3 aromatic rings. The molecule has 4 rings (SSSR count). The van der Waals surface area contributed by atoms with Crippen molar-refractivity contribution in [3.8, 4) is 5.75 Å². The van der Waals surface area contributed by atoms with Crippen LogP contribution < -0.4 is 15.4 Å². The van der Waals surface area contributed by atoms with Crippen LogP contribution in [-0.2, 0) is 0 Å². The summed E-state index contributed by atoms with van der Waals surface area (Å²) in [7, 11) is 1.61. The number of anilines is 2. The second-order valence-electron chi connectivity index (χ2n) is 6.96. The van der Waals surface area contributed by atoms with Gasteiger partial charge in [0.15, 0.2) is 5.11 Å².